The number of rotatable bonds is 7. The van der Waals surface area contributed by atoms with Gasteiger partial charge in [-0.3, -0.25) is 0 Å². The van der Waals surface area contributed by atoms with Crippen LogP contribution in [0.2, 0.25) is 0 Å². The van der Waals surface area contributed by atoms with Gasteiger partial charge in [-0.25, -0.2) is 0 Å². The normalized spacial score (nSPS) is 14.1. The van der Waals surface area contributed by atoms with Crippen LogP contribution in [0.3, 0.4) is 0 Å². The molecule has 0 radical (unpaired) electrons. The second-order valence-electron chi connectivity index (χ2n) is 27.0. The molecule has 0 bridgehead atoms. The van der Waals surface area contributed by atoms with Gasteiger partial charge >= 0.3 is 0 Å². The summed E-state index contributed by atoms with van der Waals surface area (Å²) in [6.07, 6.45) is 0. The molecule has 1 aliphatic rings. The zero-order chi connectivity index (χ0) is 55.7. The van der Waals surface area contributed by atoms with Crippen LogP contribution in [0, 0.1) is 0 Å². The van der Waals surface area contributed by atoms with Gasteiger partial charge in [0.25, 0.3) is 0 Å². The van der Waals surface area contributed by atoms with Crippen molar-refractivity contribution < 1.29 is 0 Å². The van der Waals surface area contributed by atoms with Gasteiger partial charge in [0.1, 0.15) is 0 Å². The molecule has 0 fully saturated rings. The molecule has 80 heavy (non-hydrogen) atoms. The average Bonchev–Trinajstić information content (AvgIpc) is 4.12. The molecule has 0 saturated heterocycles. The first kappa shape index (κ1) is 51.5. The molecule has 3 heteroatoms. The Balaban J connectivity index is 1.12. The van der Waals surface area contributed by atoms with Gasteiger partial charge in [-0.1, -0.05) is 253 Å². The van der Waals surface area contributed by atoms with E-state index in [1.165, 1.54) is 120 Å². The minimum Gasteiger partial charge on any atom is -0.309 e. The maximum atomic E-state index is 2.58. The van der Waals surface area contributed by atoms with E-state index in [4.69, 9.17) is 0 Å². The maximum absolute atomic E-state index is 2.86. The first-order chi connectivity index (χ1) is 38.2. The highest BCUT2D eigenvalue weighted by Gasteiger charge is 2.42. The molecule has 12 aromatic rings. The lowest BCUT2D eigenvalue weighted by molar-refractivity contribution is 0.564. The van der Waals surface area contributed by atoms with E-state index in [0.717, 1.165) is 5.69 Å². The zero-order valence-electron chi connectivity index (χ0n) is 48.8. The summed E-state index contributed by atoms with van der Waals surface area (Å²) in [5.74, 6) is 0.0664. The van der Waals surface area contributed by atoms with E-state index in [2.05, 4.69) is 317 Å². The standard InChI is InChI=1S/C77H74N2Si/c1-74(2,3)51-44-64-59-35-22-23-37-61(59)71(72(64)66(46-51)76(7,8)9)50-39-41-69-62(43-50)63-49-54(79-68-38-25-24-36-60(68)65-45-52(75(4,5)6)47-67(73(65)79)77(10,11)12)40-42-70(63)78(69)53-27-26-34-58(48-53)80(55-28-16-13-17-29-55,56-30-18-14-19-31-56)57-32-20-15-21-33-57/h13-49,71H,1-12H3. The van der Waals surface area contributed by atoms with Crippen LogP contribution in [0.5, 0.6) is 0 Å². The second kappa shape index (κ2) is 18.5. The van der Waals surface area contributed by atoms with Crippen LogP contribution in [-0.4, -0.2) is 17.2 Å². The molecule has 10 aromatic carbocycles. The lowest BCUT2D eigenvalue weighted by Gasteiger charge is -2.34. The molecule has 2 aromatic heterocycles. The number of para-hydroxylation sites is 1. The smallest absolute Gasteiger partial charge is 0.179 e. The molecule has 2 nitrogen and oxygen atoms in total. The number of hydrogen-bond acceptors (Lipinski definition) is 0. The highest BCUT2D eigenvalue weighted by atomic mass is 28.3. The summed E-state index contributed by atoms with van der Waals surface area (Å²) in [5.41, 5.74) is 19.4. The van der Waals surface area contributed by atoms with Gasteiger partial charge in [0.05, 0.1) is 22.1 Å². The summed E-state index contributed by atoms with van der Waals surface area (Å²) in [5, 5.41) is 10.5. The molecule has 0 spiro atoms. The Morgan fingerprint density at radius 2 is 0.825 bits per heavy atom. The van der Waals surface area contributed by atoms with E-state index in [-0.39, 0.29) is 27.6 Å². The predicted octanol–water partition coefficient (Wildman–Crippen LogP) is 17.6. The summed E-state index contributed by atoms with van der Waals surface area (Å²) in [4.78, 5) is 0. The van der Waals surface area contributed by atoms with Crippen molar-refractivity contribution in [2.75, 3.05) is 0 Å². The first-order valence-corrected chi connectivity index (χ1v) is 31.0. The summed E-state index contributed by atoms with van der Waals surface area (Å²) < 4.78 is 5.15. The van der Waals surface area contributed by atoms with Crippen molar-refractivity contribution in [2.45, 2.75) is 111 Å². The molecule has 13 rings (SSSR count). The fraction of sp³-hybridized carbons (Fsp3) is 0.221. The zero-order valence-corrected chi connectivity index (χ0v) is 49.8. The highest BCUT2D eigenvalue weighted by molar-refractivity contribution is 7.19. The van der Waals surface area contributed by atoms with Crippen LogP contribution in [0.15, 0.2) is 224 Å². The van der Waals surface area contributed by atoms with E-state index >= 15 is 0 Å². The SMILES string of the molecule is CC(C)(C)c1cc2c(c(C(C)(C)C)c1)C(c1ccc3c(c1)c1cc(-n4c5ccccc5c5cc(C(C)(C)C)cc(C(C)(C)C)c54)ccc1n3-c1cccc([Si](c3ccccc3)(c3ccccc3)c3ccccc3)c1)c1ccccc1-2. The number of aromatic nitrogens is 2. The molecular weight excluding hydrogens is 981 g/mol. The average molecular weight is 1060 g/mol. The van der Waals surface area contributed by atoms with Crippen LogP contribution in [0.25, 0.3) is 66.1 Å². The second-order valence-corrected chi connectivity index (χ2v) is 30.8. The first-order valence-electron chi connectivity index (χ1n) is 29.0. The quantitative estimate of drug-likeness (QED) is 0.111. The molecule has 396 valence electrons. The van der Waals surface area contributed by atoms with Crippen molar-refractivity contribution in [1.29, 1.82) is 0 Å². The number of nitrogens with zero attached hydrogens (tertiary/aromatic N) is 2. The Labute approximate surface area is 475 Å². The number of fused-ring (bicyclic) bond motifs is 9. The van der Waals surface area contributed by atoms with Gasteiger partial charge in [0, 0.05) is 38.8 Å². The third-order valence-corrected chi connectivity index (χ3v) is 22.4. The van der Waals surface area contributed by atoms with Crippen molar-refractivity contribution in [2.24, 2.45) is 0 Å². The molecule has 1 aliphatic carbocycles. The van der Waals surface area contributed by atoms with Crippen molar-refractivity contribution in [1.82, 2.24) is 9.13 Å². The van der Waals surface area contributed by atoms with Crippen LogP contribution in [0.4, 0.5) is 0 Å². The largest absolute Gasteiger partial charge is 0.309 e. The molecule has 0 N–H and O–H groups in total. The van der Waals surface area contributed by atoms with E-state index in [1.54, 1.807) is 0 Å². The van der Waals surface area contributed by atoms with Gasteiger partial charge < -0.3 is 9.13 Å². The Morgan fingerprint density at radius 1 is 0.325 bits per heavy atom. The highest BCUT2D eigenvalue weighted by Crippen LogP contribution is 2.54. The third-order valence-electron chi connectivity index (χ3n) is 17.7. The Bertz CT molecular complexity index is 4280. The lowest BCUT2D eigenvalue weighted by Crippen LogP contribution is -2.74. The monoisotopic (exact) mass is 1050 g/mol. The fourth-order valence-corrected chi connectivity index (χ4v) is 18.5. The van der Waals surface area contributed by atoms with Gasteiger partial charge in [0.15, 0.2) is 8.07 Å². The Kier molecular flexibility index (Phi) is 11.9. The molecular formula is C77H74N2Si. The van der Waals surface area contributed by atoms with Crippen LogP contribution in [-0.2, 0) is 21.7 Å². The maximum Gasteiger partial charge on any atom is 0.179 e. The van der Waals surface area contributed by atoms with Gasteiger partial charge in [-0.2, -0.15) is 0 Å². The van der Waals surface area contributed by atoms with Gasteiger partial charge in [-0.15, -0.1) is 0 Å². The van der Waals surface area contributed by atoms with Crippen LogP contribution < -0.4 is 20.7 Å². The van der Waals surface area contributed by atoms with Crippen molar-refractivity contribution in [3.8, 4) is 22.5 Å². The predicted molar refractivity (Wildman–Crippen MR) is 346 cm³/mol. The topological polar surface area (TPSA) is 9.86 Å². The number of hydrogen-bond donors (Lipinski definition) is 0. The molecule has 0 aliphatic heterocycles. The fourth-order valence-electron chi connectivity index (χ4n) is 13.7. The van der Waals surface area contributed by atoms with E-state index in [1.807, 2.05) is 0 Å². The van der Waals surface area contributed by atoms with E-state index < -0.39 is 8.07 Å². The summed E-state index contributed by atoms with van der Waals surface area (Å²) in [7, 11) is -2.86. The Morgan fingerprint density at radius 3 is 1.44 bits per heavy atom. The number of benzene rings is 10. The summed E-state index contributed by atoms with van der Waals surface area (Å²) in [6.45, 7) is 28.4. The van der Waals surface area contributed by atoms with Gasteiger partial charge in [0.2, 0.25) is 0 Å². The lowest BCUT2D eigenvalue weighted by atomic mass is 9.74. The Hall–Kier alpha value is -7.98. The van der Waals surface area contributed by atoms with Crippen LogP contribution in [0.1, 0.15) is 128 Å². The molecule has 1 unspecified atom stereocenters. The van der Waals surface area contributed by atoms with Gasteiger partial charge in [-0.05, 0) is 147 Å². The van der Waals surface area contributed by atoms with Crippen LogP contribution >= 0.6 is 0 Å². The molecule has 0 saturated carbocycles. The minimum absolute atomic E-state index is 0.00213. The van der Waals surface area contributed by atoms with E-state index in [0.29, 0.717) is 0 Å². The van der Waals surface area contributed by atoms with Crippen molar-refractivity contribution >= 4 is 72.4 Å². The third kappa shape index (κ3) is 8.17. The summed E-state index contributed by atoms with van der Waals surface area (Å²) in [6, 6.07) is 86.6. The van der Waals surface area contributed by atoms with Crippen molar-refractivity contribution in [3.05, 3.63) is 263 Å². The minimum atomic E-state index is -2.86. The molecule has 0 amide bonds. The summed E-state index contributed by atoms with van der Waals surface area (Å²) >= 11 is 0. The van der Waals surface area contributed by atoms with Crippen molar-refractivity contribution in [3.63, 3.8) is 0 Å². The van der Waals surface area contributed by atoms with E-state index in [9.17, 15) is 0 Å². The molecule has 1 atom stereocenters. The molecule has 2 heterocycles.